The molecule has 1 aromatic carbocycles. The molecule has 5 N–H and O–H groups in total. The van der Waals surface area contributed by atoms with E-state index in [4.69, 9.17) is 10.5 Å². The Bertz CT molecular complexity index is 760. The zero-order valence-electron chi connectivity index (χ0n) is 23.1. The van der Waals surface area contributed by atoms with Crippen LogP contribution in [0.4, 0.5) is 0 Å². The molecule has 8 heteroatoms. The number of para-hydroxylation sites is 1. The number of aliphatic hydroxyl groups is 1. The molecule has 0 aliphatic heterocycles. The van der Waals surface area contributed by atoms with Gasteiger partial charge in [0.15, 0.2) is 0 Å². The molecule has 0 radical (unpaired) electrons. The van der Waals surface area contributed by atoms with Gasteiger partial charge in [0.2, 0.25) is 5.91 Å². The Morgan fingerprint density at radius 3 is 2.25 bits per heavy atom. The second-order valence-electron chi connectivity index (χ2n) is 10.3. The normalized spacial score (nSPS) is 14.5. The number of aliphatic hydroxyl groups excluding tert-OH is 1. The van der Waals surface area contributed by atoms with E-state index >= 15 is 0 Å². The molecule has 1 aromatic rings. The lowest BCUT2D eigenvalue weighted by molar-refractivity contribution is -0.127. The Balaban J connectivity index is 0.0000122. The molecule has 208 valence electrons. The summed E-state index contributed by atoms with van der Waals surface area (Å²) in [6, 6.07) is 6.76. The van der Waals surface area contributed by atoms with E-state index in [1.54, 1.807) is 12.1 Å². The van der Waals surface area contributed by atoms with Crippen LogP contribution in [-0.2, 0) is 4.79 Å². The van der Waals surface area contributed by atoms with Gasteiger partial charge in [-0.3, -0.25) is 9.59 Å². The van der Waals surface area contributed by atoms with Gasteiger partial charge < -0.3 is 26.2 Å². The van der Waals surface area contributed by atoms with Crippen LogP contribution >= 0.6 is 12.4 Å². The van der Waals surface area contributed by atoms with Crippen molar-refractivity contribution in [2.75, 3.05) is 19.7 Å². The van der Waals surface area contributed by atoms with E-state index in [2.05, 4.69) is 31.4 Å². The van der Waals surface area contributed by atoms with Crippen molar-refractivity contribution >= 4 is 24.2 Å². The van der Waals surface area contributed by atoms with E-state index in [0.29, 0.717) is 43.9 Å². The highest BCUT2D eigenvalue weighted by atomic mass is 35.5. The lowest BCUT2D eigenvalue weighted by Crippen LogP contribution is -2.44. The number of benzene rings is 1. The maximum Gasteiger partial charge on any atom is 0.255 e. The Hall–Kier alpha value is -1.83. The second kappa shape index (κ2) is 18.4. The first-order valence-corrected chi connectivity index (χ1v) is 13.3. The van der Waals surface area contributed by atoms with Crippen molar-refractivity contribution in [1.82, 2.24) is 10.6 Å². The van der Waals surface area contributed by atoms with Gasteiger partial charge in [-0.2, -0.15) is 0 Å². The van der Waals surface area contributed by atoms with Gasteiger partial charge in [-0.1, -0.05) is 60.1 Å². The molecule has 2 amide bonds. The summed E-state index contributed by atoms with van der Waals surface area (Å²) in [6.45, 7) is 13.9. The van der Waals surface area contributed by atoms with E-state index in [0.717, 1.165) is 19.3 Å². The molecule has 36 heavy (non-hydrogen) atoms. The summed E-state index contributed by atoms with van der Waals surface area (Å²) in [4.78, 5) is 25.5. The summed E-state index contributed by atoms with van der Waals surface area (Å²) < 4.78 is 5.72. The summed E-state index contributed by atoms with van der Waals surface area (Å²) >= 11 is 0. The smallest absolute Gasteiger partial charge is 0.255 e. The van der Waals surface area contributed by atoms with Crippen molar-refractivity contribution in [3.8, 4) is 5.75 Å². The molecular weight excluding hydrogens is 478 g/mol. The molecule has 0 fully saturated rings. The van der Waals surface area contributed by atoms with Crippen molar-refractivity contribution in [3.63, 3.8) is 0 Å². The van der Waals surface area contributed by atoms with Gasteiger partial charge in [-0.05, 0) is 55.6 Å². The minimum absolute atomic E-state index is 0. The number of rotatable bonds is 17. The molecule has 4 unspecified atom stereocenters. The Kier molecular flexibility index (Phi) is 17.5. The van der Waals surface area contributed by atoms with Crippen LogP contribution in [0.2, 0.25) is 0 Å². The minimum atomic E-state index is -0.792. The number of ether oxygens (including phenoxy) is 1. The summed E-state index contributed by atoms with van der Waals surface area (Å²) in [5.74, 6) is 0.549. The van der Waals surface area contributed by atoms with Gasteiger partial charge in [0, 0.05) is 25.0 Å². The maximum atomic E-state index is 12.9. The fourth-order valence-electron chi connectivity index (χ4n) is 4.05. The van der Waals surface area contributed by atoms with Gasteiger partial charge in [0.05, 0.1) is 18.3 Å². The van der Waals surface area contributed by atoms with Crippen LogP contribution in [0, 0.1) is 23.7 Å². The third-order valence-electron chi connectivity index (χ3n) is 6.60. The van der Waals surface area contributed by atoms with Gasteiger partial charge in [-0.15, -0.1) is 12.4 Å². The zero-order valence-corrected chi connectivity index (χ0v) is 23.9. The first kappa shape index (κ1) is 34.2. The molecule has 0 saturated heterocycles. The number of hydrogen-bond donors (Lipinski definition) is 4. The molecule has 1 rings (SSSR count). The van der Waals surface area contributed by atoms with Crippen molar-refractivity contribution in [2.24, 2.45) is 29.4 Å². The van der Waals surface area contributed by atoms with Crippen molar-refractivity contribution in [1.29, 1.82) is 0 Å². The van der Waals surface area contributed by atoms with Gasteiger partial charge in [0.1, 0.15) is 5.75 Å². The standard InChI is InChI=1S/C28H49N3O4.ClH/c1-7-9-14-30-28(34)23(20(5)6)17-25(32)24(29)16-21(19(3)4)18-31-27(33)22-12-10-11-13-26(22)35-15-8-2;/h10-13,19-21,23-25,32H,7-9,14-18,29H2,1-6H3,(H,30,34)(H,31,33);1H. The highest BCUT2D eigenvalue weighted by Crippen LogP contribution is 2.24. The van der Waals surface area contributed by atoms with Gasteiger partial charge >= 0.3 is 0 Å². The minimum Gasteiger partial charge on any atom is -0.493 e. The third-order valence-corrected chi connectivity index (χ3v) is 6.60. The van der Waals surface area contributed by atoms with Crippen LogP contribution in [0.1, 0.15) is 84.0 Å². The van der Waals surface area contributed by atoms with Gasteiger partial charge in [0.25, 0.3) is 5.91 Å². The fourth-order valence-corrected chi connectivity index (χ4v) is 4.05. The van der Waals surface area contributed by atoms with Crippen LogP contribution in [0.25, 0.3) is 0 Å². The molecule has 7 nitrogen and oxygen atoms in total. The molecule has 0 aliphatic rings. The highest BCUT2D eigenvalue weighted by Gasteiger charge is 2.29. The number of carbonyl (C=O) groups is 2. The zero-order chi connectivity index (χ0) is 26.4. The van der Waals surface area contributed by atoms with Crippen LogP contribution in [0.15, 0.2) is 24.3 Å². The van der Waals surface area contributed by atoms with Crippen LogP contribution in [0.5, 0.6) is 5.75 Å². The summed E-state index contributed by atoms with van der Waals surface area (Å²) in [5, 5.41) is 16.9. The summed E-state index contributed by atoms with van der Waals surface area (Å²) in [7, 11) is 0. The molecule has 0 heterocycles. The lowest BCUT2D eigenvalue weighted by Gasteiger charge is -2.30. The first-order valence-electron chi connectivity index (χ1n) is 13.3. The van der Waals surface area contributed by atoms with Gasteiger partial charge in [-0.25, -0.2) is 0 Å². The Labute approximate surface area is 224 Å². The molecule has 0 aliphatic carbocycles. The first-order chi connectivity index (χ1) is 16.6. The molecule has 0 aromatic heterocycles. The number of unbranched alkanes of at least 4 members (excludes halogenated alkanes) is 1. The number of carbonyl (C=O) groups excluding carboxylic acids is 2. The number of halogens is 1. The predicted octanol–water partition coefficient (Wildman–Crippen LogP) is 4.56. The summed E-state index contributed by atoms with van der Waals surface area (Å²) in [5.41, 5.74) is 6.92. The van der Waals surface area contributed by atoms with E-state index in [-0.39, 0.29) is 47.9 Å². The molecule has 0 saturated carbocycles. The quantitative estimate of drug-likeness (QED) is 0.222. The van der Waals surface area contributed by atoms with E-state index in [1.165, 1.54) is 0 Å². The summed E-state index contributed by atoms with van der Waals surface area (Å²) in [6.07, 6.45) is 2.91. The van der Waals surface area contributed by atoms with Crippen molar-refractivity contribution in [2.45, 2.75) is 85.8 Å². The van der Waals surface area contributed by atoms with E-state index in [9.17, 15) is 14.7 Å². The molecule has 4 atom stereocenters. The van der Waals surface area contributed by atoms with E-state index < -0.39 is 12.1 Å². The van der Waals surface area contributed by atoms with Crippen LogP contribution in [-0.4, -0.2) is 48.8 Å². The fraction of sp³-hybridized carbons (Fsp3) is 0.714. The molecule has 0 spiro atoms. The van der Waals surface area contributed by atoms with Crippen LogP contribution < -0.4 is 21.1 Å². The van der Waals surface area contributed by atoms with Crippen molar-refractivity contribution in [3.05, 3.63) is 29.8 Å². The predicted molar refractivity (Wildman–Crippen MR) is 150 cm³/mol. The lowest BCUT2D eigenvalue weighted by atomic mass is 9.83. The van der Waals surface area contributed by atoms with Crippen LogP contribution in [0.3, 0.4) is 0 Å². The molecular formula is C28H50ClN3O4. The SMILES string of the molecule is CCCCNC(=O)C(CC(O)C(N)CC(CNC(=O)c1ccccc1OCCC)C(C)C)C(C)C.Cl. The average molecular weight is 528 g/mol. The average Bonchev–Trinajstić information content (AvgIpc) is 2.82. The molecule has 0 bridgehead atoms. The largest absolute Gasteiger partial charge is 0.493 e. The monoisotopic (exact) mass is 527 g/mol. The number of amides is 2. The maximum absolute atomic E-state index is 12.9. The topological polar surface area (TPSA) is 114 Å². The highest BCUT2D eigenvalue weighted by molar-refractivity contribution is 5.96. The second-order valence-corrected chi connectivity index (χ2v) is 10.3. The third kappa shape index (κ3) is 11.9. The van der Waals surface area contributed by atoms with E-state index in [1.807, 2.05) is 32.9 Å². The Morgan fingerprint density at radius 1 is 1.00 bits per heavy atom. The Morgan fingerprint density at radius 2 is 1.67 bits per heavy atom. The number of hydrogen-bond acceptors (Lipinski definition) is 5. The van der Waals surface area contributed by atoms with Crippen molar-refractivity contribution < 1.29 is 19.4 Å². The number of nitrogens with one attached hydrogen (secondary N) is 2. The number of nitrogens with two attached hydrogens (primary N) is 1.